The van der Waals surface area contributed by atoms with E-state index in [1.807, 2.05) is 19.2 Å². The summed E-state index contributed by atoms with van der Waals surface area (Å²) in [6.07, 6.45) is 9.27. The van der Waals surface area contributed by atoms with Crippen molar-refractivity contribution in [1.29, 1.82) is 0 Å². The second kappa shape index (κ2) is 5.86. The van der Waals surface area contributed by atoms with Gasteiger partial charge < -0.3 is 10.3 Å². The van der Waals surface area contributed by atoms with E-state index in [1.54, 1.807) is 6.08 Å². The van der Waals surface area contributed by atoms with Crippen molar-refractivity contribution in [2.45, 2.75) is 13.3 Å². The molecule has 1 rings (SSSR count). The van der Waals surface area contributed by atoms with Crippen LogP contribution in [-0.4, -0.2) is 17.9 Å². The van der Waals surface area contributed by atoms with Gasteiger partial charge >= 0.3 is 0 Å². The van der Waals surface area contributed by atoms with Crippen LogP contribution in [-0.2, 0) is 11.2 Å². The number of aromatic nitrogens is 1. The number of allylic oxidation sites excluding steroid dienone is 1. The molecule has 3 heteroatoms. The van der Waals surface area contributed by atoms with Gasteiger partial charge in [-0.15, -0.1) is 0 Å². The summed E-state index contributed by atoms with van der Waals surface area (Å²) in [5, 5.41) is 4.90. The second-order valence-electron chi connectivity index (χ2n) is 3.15. The zero-order valence-corrected chi connectivity index (χ0v) is 8.92. The zero-order chi connectivity index (χ0) is 11.1. The second-order valence-corrected chi connectivity index (χ2v) is 3.15. The highest BCUT2D eigenvalue weighted by Gasteiger charge is 1.97. The Bertz CT molecular complexity index is 443. The molecule has 2 N–H and O–H groups in total. The zero-order valence-electron chi connectivity index (χ0n) is 8.92. The molecule has 0 atom stereocenters. The average molecular weight is 204 g/mol. The van der Waals surface area contributed by atoms with Crippen LogP contribution in [0.2, 0.25) is 0 Å². The summed E-state index contributed by atoms with van der Waals surface area (Å²) in [5.74, 6) is 0. The van der Waals surface area contributed by atoms with Gasteiger partial charge in [-0.05, 0) is 30.2 Å². The Kier molecular flexibility index (Phi) is 4.41. The number of hydrogen-bond acceptors (Lipinski definition) is 1. The summed E-state index contributed by atoms with van der Waals surface area (Å²) in [4.78, 5) is 13.3. The van der Waals surface area contributed by atoms with E-state index in [-0.39, 0.29) is 0 Å². The molecule has 15 heavy (non-hydrogen) atoms. The van der Waals surface area contributed by atoms with Gasteiger partial charge in [-0.3, -0.25) is 4.79 Å². The van der Waals surface area contributed by atoms with Gasteiger partial charge in [0.25, 0.3) is 0 Å². The molecule has 1 aromatic rings. The Balaban J connectivity index is 2.95. The maximum Gasteiger partial charge on any atom is 0.207 e. The van der Waals surface area contributed by atoms with Crippen molar-refractivity contribution in [2.24, 2.45) is 0 Å². The van der Waals surface area contributed by atoms with Gasteiger partial charge in [0.2, 0.25) is 6.41 Å². The third-order valence-corrected chi connectivity index (χ3v) is 2.23. The van der Waals surface area contributed by atoms with Crippen LogP contribution in [0.25, 0.3) is 12.2 Å². The van der Waals surface area contributed by atoms with Crippen LogP contribution < -0.4 is 15.9 Å². The molecule has 1 heterocycles. The number of carbonyl (C=O) groups excluding carboxylic acids is 1. The van der Waals surface area contributed by atoms with E-state index in [9.17, 15) is 4.79 Å². The minimum atomic E-state index is 0.662. The fourth-order valence-corrected chi connectivity index (χ4v) is 1.56. The smallest absolute Gasteiger partial charge is 0.207 e. The molecule has 0 aromatic carbocycles. The number of carbonyl (C=O) groups is 1. The molecule has 0 fully saturated rings. The molecule has 0 spiro atoms. The van der Waals surface area contributed by atoms with Crippen LogP contribution >= 0.6 is 0 Å². The van der Waals surface area contributed by atoms with Crippen molar-refractivity contribution in [2.75, 3.05) is 6.54 Å². The summed E-state index contributed by atoms with van der Waals surface area (Å²) in [6, 6.07) is 0. The molecule has 1 aromatic heterocycles. The van der Waals surface area contributed by atoms with Crippen LogP contribution in [0.15, 0.2) is 18.9 Å². The van der Waals surface area contributed by atoms with Crippen LogP contribution in [0.4, 0.5) is 0 Å². The van der Waals surface area contributed by atoms with E-state index in [4.69, 9.17) is 0 Å². The Hall–Kier alpha value is -1.77. The van der Waals surface area contributed by atoms with Crippen molar-refractivity contribution in [3.8, 4) is 0 Å². The van der Waals surface area contributed by atoms with Gasteiger partial charge in [0.15, 0.2) is 0 Å². The average Bonchev–Trinajstić information content (AvgIpc) is 2.62. The Morgan fingerprint density at radius 2 is 2.40 bits per heavy atom. The number of rotatable bonds is 5. The first-order valence-electron chi connectivity index (χ1n) is 4.96. The van der Waals surface area contributed by atoms with Crippen LogP contribution in [0.3, 0.4) is 0 Å². The molecule has 0 radical (unpaired) electrons. The lowest BCUT2D eigenvalue weighted by Gasteiger charge is -1.95. The minimum absolute atomic E-state index is 0.662. The molecule has 1 amide bonds. The highest BCUT2D eigenvalue weighted by molar-refractivity contribution is 5.46. The van der Waals surface area contributed by atoms with E-state index >= 15 is 0 Å². The van der Waals surface area contributed by atoms with Crippen molar-refractivity contribution in [1.82, 2.24) is 10.3 Å². The normalized spacial score (nSPS) is 12.9. The molecule has 0 aliphatic carbocycles. The maximum absolute atomic E-state index is 10.1. The lowest BCUT2D eigenvalue weighted by molar-refractivity contribution is -0.109. The van der Waals surface area contributed by atoms with Gasteiger partial charge in [-0.1, -0.05) is 18.7 Å². The van der Waals surface area contributed by atoms with Crippen LogP contribution in [0.1, 0.15) is 12.5 Å². The third kappa shape index (κ3) is 2.84. The molecule has 0 unspecified atom stereocenters. The number of nitrogens with one attached hydrogen (secondary N) is 2. The lowest BCUT2D eigenvalue weighted by Crippen LogP contribution is -2.26. The van der Waals surface area contributed by atoms with Crippen molar-refractivity contribution >= 4 is 18.6 Å². The fraction of sp³-hybridized carbons (Fsp3) is 0.250. The first kappa shape index (κ1) is 11.3. The monoisotopic (exact) mass is 204 g/mol. The summed E-state index contributed by atoms with van der Waals surface area (Å²) < 4.78 is 0. The topological polar surface area (TPSA) is 44.9 Å². The highest BCUT2D eigenvalue weighted by atomic mass is 16.1. The molecule has 80 valence electrons. The molecule has 0 aliphatic heterocycles. The molecule has 3 nitrogen and oxygen atoms in total. The number of amides is 1. The van der Waals surface area contributed by atoms with Gasteiger partial charge in [0.05, 0.1) is 0 Å². The largest absolute Gasteiger partial charge is 0.361 e. The number of hydrogen-bond donors (Lipinski definition) is 2. The lowest BCUT2D eigenvalue weighted by atomic mass is 10.2. The molecule has 0 aliphatic rings. The van der Waals surface area contributed by atoms with Crippen molar-refractivity contribution < 1.29 is 4.79 Å². The molecule has 0 saturated heterocycles. The summed E-state index contributed by atoms with van der Waals surface area (Å²) in [5.41, 5.74) is 1.21. The Labute approximate surface area is 89.2 Å². The summed E-state index contributed by atoms with van der Waals surface area (Å²) in [7, 11) is 0. The SMILES string of the molecule is C=C/C=c1/[nH]cc(CCNC=O)/c1=C/C. The fourth-order valence-electron chi connectivity index (χ4n) is 1.56. The first-order chi connectivity index (χ1) is 7.33. The molecule has 0 bridgehead atoms. The molecular formula is C12H16N2O. The van der Waals surface area contributed by atoms with Gasteiger partial charge in [-0.25, -0.2) is 0 Å². The predicted octanol–water partition coefficient (Wildman–Crippen LogP) is 0.0701. The van der Waals surface area contributed by atoms with E-state index in [2.05, 4.69) is 23.0 Å². The standard InChI is InChI=1S/C12H16N2O/c1-3-5-12-11(4-2)10(8-14-12)6-7-13-9-15/h3-5,8-9,14H,1,6-7H2,2H3,(H,13,15)/b11-4-,12-5+. The van der Waals surface area contributed by atoms with Gasteiger partial charge in [-0.2, -0.15) is 0 Å². The summed E-state index contributed by atoms with van der Waals surface area (Å²) in [6.45, 7) is 6.33. The minimum Gasteiger partial charge on any atom is -0.361 e. The van der Waals surface area contributed by atoms with E-state index in [0.717, 1.165) is 18.2 Å². The van der Waals surface area contributed by atoms with E-state index in [1.165, 1.54) is 10.8 Å². The predicted molar refractivity (Wildman–Crippen MR) is 62.6 cm³/mol. The van der Waals surface area contributed by atoms with Crippen LogP contribution in [0, 0.1) is 0 Å². The molecule has 0 saturated carbocycles. The van der Waals surface area contributed by atoms with Crippen molar-refractivity contribution in [3.63, 3.8) is 0 Å². The van der Waals surface area contributed by atoms with Gasteiger partial charge in [0.1, 0.15) is 0 Å². The van der Waals surface area contributed by atoms with Gasteiger partial charge in [0, 0.05) is 18.1 Å². The molecular weight excluding hydrogens is 188 g/mol. The summed E-state index contributed by atoms with van der Waals surface area (Å²) >= 11 is 0. The Morgan fingerprint density at radius 3 is 3.00 bits per heavy atom. The van der Waals surface area contributed by atoms with E-state index in [0.29, 0.717) is 6.54 Å². The van der Waals surface area contributed by atoms with E-state index < -0.39 is 0 Å². The first-order valence-corrected chi connectivity index (χ1v) is 4.96. The number of H-pyrrole nitrogens is 1. The number of aromatic amines is 1. The quantitative estimate of drug-likeness (QED) is 0.517. The third-order valence-electron chi connectivity index (χ3n) is 2.23. The maximum atomic E-state index is 10.1. The Morgan fingerprint density at radius 1 is 1.60 bits per heavy atom. The van der Waals surface area contributed by atoms with Crippen LogP contribution in [0.5, 0.6) is 0 Å². The van der Waals surface area contributed by atoms with Crippen molar-refractivity contribution in [3.05, 3.63) is 35.0 Å². The highest BCUT2D eigenvalue weighted by Crippen LogP contribution is 1.87.